The molecule has 0 fully saturated rings. The maximum Gasteiger partial charge on any atom is 0.170 e. The van der Waals surface area contributed by atoms with Crippen LogP contribution in [-0.2, 0) is 0 Å². The van der Waals surface area contributed by atoms with E-state index in [9.17, 15) is 0 Å². The topological polar surface area (TPSA) is 21.1 Å². The van der Waals surface area contributed by atoms with Crippen molar-refractivity contribution in [3.8, 4) is 5.69 Å². The highest BCUT2D eigenvalue weighted by atomic mass is 32.1. The van der Waals surface area contributed by atoms with Gasteiger partial charge in [0.2, 0.25) is 0 Å². The Hall–Kier alpha value is -1.72. The first-order valence-electron chi connectivity index (χ1n) is 7.83. The first-order valence-corrected chi connectivity index (χ1v) is 12.0. The van der Waals surface area contributed by atoms with Crippen molar-refractivity contribution in [3.05, 3.63) is 48.5 Å². The van der Waals surface area contributed by atoms with Gasteiger partial charge in [0.05, 0.1) is 19.1 Å². The lowest BCUT2D eigenvalue weighted by molar-refractivity contribution is 0.924. The number of benzene rings is 2. The summed E-state index contributed by atoms with van der Waals surface area (Å²) in [6.45, 7) is 7.17. The van der Waals surface area contributed by atoms with Crippen molar-refractivity contribution in [1.82, 2.24) is 9.55 Å². The number of hydrogen-bond acceptors (Lipinski definition) is 3. The predicted octanol–water partition coefficient (Wildman–Crippen LogP) is 4.63. The summed E-state index contributed by atoms with van der Waals surface area (Å²) in [5.74, 6) is 0. The zero-order chi connectivity index (χ0) is 16.6. The molecule has 0 radical (unpaired) electrons. The maximum atomic E-state index is 4.54. The summed E-state index contributed by atoms with van der Waals surface area (Å²) in [6, 6.07) is 16.8. The number of aromatic nitrogens is 2. The molecule has 0 N–H and O–H groups in total. The summed E-state index contributed by atoms with van der Waals surface area (Å²) in [5.41, 5.74) is 4.40. The van der Waals surface area contributed by atoms with Crippen LogP contribution in [0.15, 0.2) is 53.7 Å². The fourth-order valence-corrected chi connectivity index (χ4v) is 4.86. The maximum absolute atomic E-state index is 4.54. The number of imidazole rings is 1. The standard InChI is InChI=1S/C18H23N3SSi/c1-20(13-23(2,3)4)14-9-11-15(12-10-14)21-17-8-6-5-7-16(17)19-18(21)22/h5-12H,13H2,1-4H3,(H,19,22). The van der Waals surface area contributed by atoms with E-state index in [1.165, 1.54) is 5.69 Å². The molecule has 1 heterocycles. The van der Waals surface area contributed by atoms with Crippen LogP contribution >= 0.6 is 12.6 Å². The van der Waals surface area contributed by atoms with E-state index in [0.717, 1.165) is 28.0 Å². The van der Waals surface area contributed by atoms with Crippen LogP contribution in [0, 0.1) is 0 Å². The molecule has 0 aliphatic rings. The van der Waals surface area contributed by atoms with E-state index in [2.05, 4.69) is 84.1 Å². The molecule has 0 atom stereocenters. The highest BCUT2D eigenvalue weighted by molar-refractivity contribution is 7.80. The minimum absolute atomic E-state index is 0.717. The molecular weight excluding hydrogens is 318 g/mol. The number of para-hydroxylation sites is 2. The second-order valence-corrected chi connectivity index (χ2v) is 13.0. The number of anilines is 1. The van der Waals surface area contributed by atoms with Gasteiger partial charge in [-0.1, -0.05) is 31.8 Å². The van der Waals surface area contributed by atoms with E-state index in [-0.39, 0.29) is 0 Å². The lowest BCUT2D eigenvalue weighted by atomic mass is 10.2. The zero-order valence-corrected chi connectivity index (χ0v) is 16.0. The van der Waals surface area contributed by atoms with Gasteiger partial charge in [-0.15, -0.1) is 12.6 Å². The Morgan fingerprint density at radius 1 is 1.04 bits per heavy atom. The van der Waals surface area contributed by atoms with Crippen molar-refractivity contribution in [2.24, 2.45) is 0 Å². The Morgan fingerprint density at radius 3 is 2.35 bits per heavy atom. The van der Waals surface area contributed by atoms with Gasteiger partial charge in [-0.25, -0.2) is 4.98 Å². The van der Waals surface area contributed by atoms with Crippen LogP contribution in [0.25, 0.3) is 16.7 Å². The molecule has 3 aromatic rings. The van der Waals surface area contributed by atoms with Crippen LogP contribution < -0.4 is 4.90 Å². The third-order valence-corrected chi connectivity index (χ3v) is 5.53. The number of hydrogen-bond donors (Lipinski definition) is 1. The second kappa shape index (κ2) is 6.05. The summed E-state index contributed by atoms with van der Waals surface area (Å²) < 4.78 is 2.08. The minimum Gasteiger partial charge on any atom is -0.378 e. The van der Waals surface area contributed by atoms with Crippen molar-refractivity contribution in [3.63, 3.8) is 0 Å². The summed E-state index contributed by atoms with van der Waals surface area (Å²) in [7, 11) is 1.05. The van der Waals surface area contributed by atoms with Crippen molar-refractivity contribution in [1.29, 1.82) is 0 Å². The van der Waals surface area contributed by atoms with Crippen molar-refractivity contribution >= 4 is 37.4 Å². The lowest BCUT2D eigenvalue weighted by Gasteiger charge is -2.27. The number of rotatable bonds is 4. The van der Waals surface area contributed by atoms with Crippen LogP contribution in [0.3, 0.4) is 0 Å². The molecule has 2 aromatic carbocycles. The number of thiol groups is 1. The normalized spacial score (nSPS) is 11.9. The van der Waals surface area contributed by atoms with Crippen LogP contribution in [0.2, 0.25) is 19.6 Å². The van der Waals surface area contributed by atoms with Gasteiger partial charge >= 0.3 is 0 Å². The van der Waals surface area contributed by atoms with E-state index in [4.69, 9.17) is 0 Å². The second-order valence-electron chi connectivity index (χ2n) is 7.17. The molecular formula is C18H23N3SSi. The third-order valence-electron chi connectivity index (χ3n) is 3.80. The molecule has 5 heteroatoms. The number of fused-ring (bicyclic) bond motifs is 1. The van der Waals surface area contributed by atoms with Gasteiger partial charge in [0.15, 0.2) is 5.16 Å². The molecule has 0 unspecified atom stereocenters. The largest absolute Gasteiger partial charge is 0.378 e. The molecule has 23 heavy (non-hydrogen) atoms. The molecule has 0 saturated heterocycles. The zero-order valence-electron chi connectivity index (χ0n) is 14.1. The molecule has 3 nitrogen and oxygen atoms in total. The fraction of sp³-hybridized carbons (Fsp3) is 0.278. The van der Waals surface area contributed by atoms with Crippen LogP contribution in [0.1, 0.15) is 0 Å². The van der Waals surface area contributed by atoms with Crippen LogP contribution in [-0.4, -0.2) is 30.8 Å². The smallest absolute Gasteiger partial charge is 0.170 e. The highest BCUT2D eigenvalue weighted by Crippen LogP contribution is 2.25. The first kappa shape index (κ1) is 16.1. The predicted molar refractivity (Wildman–Crippen MR) is 105 cm³/mol. The van der Waals surface area contributed by atoms with Gasteiger partial charge in [-0.05, 0) is 36.4 Å². The SMILES string of the molecule is CN(C[Si](C)(C)C)c1ccc(-n2c(S)nc3ccccc32)cc1. The lowest BCUT2D eigenvalue weighted by Crippen LogP contribution is -2.38. The summed E-state index contributed by atoms with van der Waals surface area (Å²) in [5, 5.41) is 0.717. The van der Waals surface area contributed by atoms with E-state index in [1.807, 2.05) is 18.2 Å². The van der Waals surface area contributed by atoms with E-state index in [0.29, 0.717) is 0 Å². The summed E-state index contributed by atoms with van der Waals surface area (Å²) >= 11 is 4.54. The van der Waals surface area contributed by atoms with Crippen molar-refractivity contribution in [2.45, 2.75) is 24.8 Å². The summed E-state index contributed by atoms with van der Waals surface area (Å²) in [6.07, 6.45) is 1.15. The number of nitrogens with zero attached hydrogens (tertiary/aromatic N) is 3. The van der Waals surface area contributed by atoms with Crippen molar-refractivity contribution < 1.29 is 0 Å². The molecule has 0 aliphatic heterocycles. The molecule has 0 spiro atoms. The Bertz CT molecular complexity index is 818. The van der Waals surface area contributed by atoms with Gasteiger partial charge in [0.1, 0.15) is 0 Å². The minimum atomic E-state index is -1.12. The molecule has 1 aromatic heterocycles. The van der Waals surface area contributed by atoms with E-state index < -0.39 is 8.07 Å². The molecule has 0 amide bonds. The Morgan fingerprint density at radius 2 is 1.70 bits per heavy atom. The first-order chi connectivity index (χ1) is 10.8. The van der Waals surface area contributed by atoms with E-state index in [1.54, 1.807) is 0 Å². The van der Waals surface area contributed by atoms with E-state index >= 15 is 0 Å². The highest BCUT2D eigenvalue weighted by Gasteiger charge is 2.16. The van der Waals surface area contributed by atoms with Gasteiger partial charge in [0.25, 0.3) is 0 Å². The Labute approximate surface area is 144 Å². The molecule has 0 saturated carbocycles. The average Bonchev–Trinajstić information content (AvgIpc) is 2.81. The monoisotopic (exact) mass is 341 g/mol. The van der Waals surface area contributed by atoms with Crippen LogP contribution in [0.5, 0.6) is 0 Å². The Balaban J connectivity index is 1.94. The van der Waals surface area contributed by atoms with Crippen molar-refractivity contribution in [2.75, 3.05) is 18.1 Å². The van der Waals surface area contributed by atoms with Gasteiger partial charge in [-0.3, -0.25) is 4.57 Å². The average molecular weight is 342 g/mol. The van der Waals surface area contributed by atoms with Gasteiger partial charge in [0, 0.05) is 24.6 Å². The molecule has 120 valence electrons. The fourth-order valence-electron chi connectivity index (χ4n) is 2.93. The van der Waals surface area contributed by atoms with Gasteiger partial charge < -0.3 is 4.90 Å². The quantitative estimate of drug-likeness (QED) is 0.552. The molecule has 0 bridgehead atoms. The van der Waals surface area contributed by atoms with Crippen LogP contribution in [0.4, 0.5) is 5.69 Å². The third kappa shape index (κ3) is 3.46. The van der Waals surface area contributed by atoms with Gasteiger partial charge in [-0.2, -0.15) is 0 Å². The molecule has 0 aliphatic carbocycles. The summed E-state index contributed by atoms with van der Waals surface area (Å²) in [4.78, 5) is 6.87. The Kier molecular flexibility index (Phi) is 4.25. The molecule has 3 rings (SSSR count).